The van der Waals surface area contributed by atoms with Gasteiger partial charge in [0.15, 0.2) is 0 Å². The molecule has 2 rings (SSSR count). The van der Waals surface area contributed by atoms with Crippen LogP contribution in [0.3, 0.4) is 0 Å². The van der Waals surface area contributed by atoms with Crippen molar-refractivity contribution in [3.63, 3.8) is 0 Å². The van der Waals surface area contributed by atoms with E-state index in [-0.39, 0.29) is 0 Å². The van der Waals surface area contributed by atoms with Crippen LogP contribution in [0.15, 0.2) is 12.3 Å². The van der Waals surface area contributed by atoms with E-state index in [1.165, 1.54) is 19.4 Å². The summed E-state index contributed by atoms with van der Waals surface area (Å²) in [5, 5.41) is 6.84. The molecule has 94 valence electrons. The van der Waals surface area contributed by atoms with Crippen LogP contribution < -0.4 is 15.5 Å². The fourth-order valence-electron chi connectivity index (χ4n) is 2.04. The van der Waals surface area contributed by atoms with Crippen LogP contribution in [0.5, 0.6) is 0 Å². The summed E-state index contributed by atoms with van der Waals surface area (Å²) in [5.74, 6) is 1.65. The highest BCUT2D eigenvalue weighted by Gasteiger charge is 2.12. The molecule has 17 heavy (non-hydrogen) atoms. The standard InChI is InChI=1S/C12H21N5/c1-17(2)12-15-9-6-11(16-12)14-8-5-10-4-3-7-13-10/h6,9-10,13H,3-5,7-8H2,1-2H3,(H,14,15,16). The highest BCUT2D eigenvalue weighted by molar-refractivity contribution is 5.40. The fourth-order valence-corrected chi connectivity index (χ4v) is 2.04. The zero-order chi connectivity index (χ0) is 12.1. The summed E-state index contributed by atoms with van der Waals surface area (Å²) < 4.78 is 0. The van der Waals surface area contributed by atoms with Gasteiger partial charge in [0, 0.05) is 32.9 Å². The minimum Gasteiger partial charge on any atom is -0.370 e. The smallest absolute Gasteiger partial charge is 0.226 e. The normalized spacial score (nSPS) is 19.3. The van der Waals surface area contributed by atoms with E-state index < -0.39 is 0 Å². The number of nitrogens with one attached hydrogen (secondary N) is 2. The van der Waals surface area contributed by atoms with Crippen LogP contribution in [-0.4, -0.2) is 43.2 Å². The molecule has 0 amide bonds. The average Bonchev–Trinajstić information content (AvgIpc) is 2.82. The fraction of sp³-hybridized carbons (Fsp3) is 0.667. The lowest BCUT2D eigenvalue weighted by Gasteiger charge is -2.13. The van der Waals surface area contributed by atoms with Gasteiger partial charge in [-0.15, -0.1) is 0 Å². The molecule has 2 heterocycles. The Morgan fingerprint density at radius 2 is 2.41 bits per heavy atom. The molecule has 0 bridgehead atoms. The zero-order valence-corrected chi connectivity index (χ0v) is 10.6. The van der Waals surface area contributed by atoms with Gasteiger partial charge >= 0.3 is 0 Å². The minimum absolute atomic E-state index is 0.678. The molecular formula is C12H21N5. The van der Waals surface area contributed by atoms with E-state index in [4.69, 9.17) is 0 Å². The van der Waals surface area contributed by atoms with E-state index in [9.17, 15) is 0 Å². The lowest BCUT2D eigenvalue weighted by atomic mass is 10.1. The Bertz CT molecular complexity index is 347. The summed E-state index contributed by atoms with van der Waals surface area (Å²) in [5.41, 5.74) is 0. The van der Waals surface area contributed by atoms with Crippen molar-refractivity contribution in [2.75, 3.05) is 37.4 Å². The van der Waals surface area contributed by atoms with Gasteiger partial charge in [0.05, 0.1) is 0 Å². The molecule has 0 aliphatic carbocycles. The Labute approximate surface area is 103 Å². The van der Waals surface area contributed by atoms with E-state index in [1.54, 1.807) is 6.20 Å². The Morgan fingerprint density at radius 1 is 1.53 bits per heavy atom. The van der Waals surface area contributed by atoms with E-state index in [0.717, 1.165) is 24.7 Å². The molecule has 1 aliphatic rings. The predicted octanol–water partition coefficient (Wildman–Crippen LogP) is 1.10. The molecule has 0 radical (unpaired) electrons. The number of nitrogens with zero attached hydrogens (tertiary/aromatic N) is 3. The molecule has 5 heteroatoms. The molecule has 1 unspecified atom stereocenters. The monoisotopic (exact) mass is 235 g/mol. The van der Waals surface area contributed by atoms with Gasteiger partial charge in [-0.3, -0.25) is 0 Å². The first-order valence-electron chi connectivity index (χ1n) is 6.23. The molecule has 2 N–H and O–H groups in total. The molecule has 0 saturated carbocycles. The van der Waals surface area contributed by atoms with E-state index in [2.05, 4.69) is 20.6 Å². The Balaban J connectivity index is 1.79. The first-order valence-corrected chi connectivity index (χ1v) is 6.23. The van der Waals surface area contributed by atoms with Crippen molar-refractivity contribution in [1.82, 2.24) is 15.3 Å². The lowest BCUT2D eigenvalue weighted by Crippen LogP contribution is -2.24. The zero-order valence-electron chi connectivity index (χ0n) is 10.6. The largest absolute Gasteiger partial charge is 0.370 e. The van der Waals surface area contributed by atoms with Crippen LogP contribution in [-0.2, 0) is 0 Å². The summed E-state index contributed by atoms with van der Waals surface area (Å²) in [6, 6.07) is 2.59. The number of hydrogen-bond donors (Lipinski definition) is 2. The highest BCUT2D eigenvalue weighted by atomic mass is 15.2. The van der Waals surface area contributed by atoms with E-state index >= 15 is 0 Å². The Hall–Kier alpha value is -1.36. The molecule has 1 fully saturated rings. The molecular weight excluding hydrogens is 214 g/mol. The van der Waals surface area contributed by atoms with Gasteiger partial charge in [0.1, 0.15) is 5.82 Å². The second kappa shape index (κ2) is 5.82. The maximum atomic E-state index is 4.42. The van der Waals surface area contributed by atoms with Crippen molar-refractivity contribution in [2.24, 2.45) is 0 Å². The van der Waals surface area contributed by atoms with E-state index in [0.29, 0.717) is 6.04 Å². The summed E-state index contributed by atoms with van der Waals surface area (Å²) in [6.07, 6.45) is 5.55. The van der Waals surface area contributed by atoms with Crippen LogP contribution >= 0.6 is 0 Å². The molecule has 1 aliphatic heterocycles. The number of hydrogen-bond acceptors (Lipinski definition) is 5. The number of aromatic nitrogens is 2. The lowest BCUT2D eigenvalue weighted by molar-refractivity contribution is 0.574. The van der Waals surface area contributed by atoms with Gasteiger partial charge in [-0.05, 0) is 31.9 Å². The first kappa shape index (κ1) is 12.1. The van der Waals surface area contributed by atoms with Crippen LogP contribution in [0.4, 0.5) is 11.8 Å². The summed E-state index contributed by atoms with van der Waals surface area (Å²) in [6.45, 7) is 2.13. The van der Waals surface area contributed by atoms with Crippen molar-refractivity contribution in [3.05, 3.63) is 12.3 Å². The van der Waals surface area contributed by atoms with Gasteiger partial charge in [-0.2, -0.15) is 4.98 Å². The third-order valence-electron chi connectivity index (χ3n) is 3.00. The number of rotatable bonds is 5. The van der Waals surface area contributed by atoms with Crippen LogP contribution in [0, 0.1) is 0 Å². The van der Waals surface area contributed by atoms with Crippen molar-refractivity contribution in [1.29, 1.82) is 0 Å². The van der Waals surface area contributed by atoms with Crippen molar-refractivity contribution in [2.45, 2.75) is 25.3 Å². The second-order valence-corrected chi connectivity index (χ2v) is 4.65. The summed E-state index contributed by atoms with van der Waals surface area (Å²) >= 11 is 0. The third kappa shape index (κ3) is 3.56. The number of anilines is 2. The van der Waals surface area contributed by atoms with Gasteiger partial charge in [0.2, 0.25) is 5.95 Å². The van der Waals surface area contributed by atoms with E-state index in [1.807, 2.05) is 25.1 Å². The summed E-state index contributed by atoms with van der Waals surface area (Å²) in [4.78, 5) is 10.5. The SMILES string of the molecule is CN(C)c1nccc(NCCC2CCCN2)n1. The topological polar surface area (TPSA) is 53.1 Å². The van der Waals surface area contributed by atoms with Crippen LogP contribution in [0.25, 0.3) is 0 Å². The van der Waals surface area contributed by atoms with Crippen LogP contribution in [0.2, 0.25) is 0 Å². The maximum absolute atomic E-state index is 4.42. The van der Waals surface area contributed by atoms with Gasteiger partial charge in [-0.25, -0.2) is 4.98 Å². The second-order valence-electron chi connectivity index (χ2n) is 4.65. The molecule has 0 spiro atoms. The molecule has 1 aromatic heterocycles. The van der Waals surface area contributed by atoms with Crippen molar-refractivity contribution < 1.29 is 0 Å². The quantitative estimate of drug-likeness (QED) is 0.800. The predicted molar refractivity (Wildman–Crippen MR) is 70.5 cm³/mol. The molecule has 5 nitrogen and oxygen atoms in total. The maximum Gasteiger partial charge on any atom is 0.226 e. The van der Waals surface area contributed by atoms with Gasteiger partial charge in [0.25, 0.3) is 0 Å². The van der Waals surface area contributed by atoms with Gasteiger partial charge < -0.3 is 15.5 Å². The highest BCUT2D eigenvalue weighted by Crippen LogP contribution is 2.11. The Kier molecular flexibility index (Phi) is 4.14. The average molecular weight is 235 g/mol. The molecule has 0 aromatic carbocycles. The molecule has 1 atom stereocenters. The minimum atomic E-state index is 0.678. The van der Waals surface area contributed by atoms with Crippen molar-refractivity contribution >= 4 is 11.8 Å². The molecule has 1 saturated heterocycles. The van der Waals surface area contributed by atoms with Crippen LogP contribution in [0.1, 0.15) is 19.3 Å². The van der Waals surface area contributed by atoms with Crippen molar-refractivity contribution in [3.8, 4) is 0 Å². The van der Waals surface area contributed by atoms with Gasteiger partial charge in [-0.1, -0.05) is 0 Å². The molecule has 1 aromatic rings. The summed E-state index contributed by atoms with van der Waals surface area (Å²) in [7, 11) is 3.89. The first-order chi connectivity index (χ1) is 8.25. The third-order valence-corrected chi connectivity index (χ3v) is 3.00. The Morgan fingerprint density at radius 3 is 3.12 bits per heavy atom.